The number of rotatable bonds is 10. The minimum Gasteiger partial charge on any atom is -0.453 e. The van der Waals surface area contributed by atoms with Crippen LogP contribution in [-0.4, -0.2) is 103 Å². The van der Waals surface area contributed by atoms with Crippen molar-refractivity contribution in [1.82, 2.24) is 49.8 Å². The van der Waals surface area contributed by atoms with Crippen LogP contribution in [0.25, 0.3) is 49.8 Å². The number of ether oxygens (including phenoxy) is 2. The molecule has 16 nitrogen and oxygen atoms in total. The fraction of sp³-hybridized carbons (Fsp3) is 0.432. The van der Waals surface area contributed by atoms with Crippen LogP contribution in [0.5, 0.6) is 0 Å². The van der Waals surface area contributed by atoms with Crippen LogP contribution in [0.4, 0.5) is 9.59 Å². The molecule has 1 unspecified atom stereocenters. The van der Waals surface area contributed by atoms with Gasteiger partial charge in [-0.1, -0.05) is 45.9 Å². The number of likely N-dealkylation sites (tertiary alicyclic amines) is 2. The molecule has 0 aliphatic carbocycles. The number of fused-ring (bicyclic) bond motifs is 5. The third kappa shape index (κ3) is 7.39. The van der Waals surface area contributed by atoms with Crippen molar-refractivity contribution in [2.45, 2.75) is 84.5 Å². The molecule has 4 aromatic heterocycles. The van der Waals surface area contributed by atoms with Crippen molar-refractivity contribution >= 4 is 51.3 Å². The first-order valence-corrected chi connectivity index (χ1v) is 20.6. The van der Waals surface area contributed by atoms with Crippen LogP contribution in [0.3, 0.4) is 0 Å². The zero-order valence-electron chi connectivity index (χ0n) is 35.0. The van der Waals surface area contributed by atoms with E-state index in [1.807, 2.05) is 50.6 Å². The molecule has 2 saturated heterocycles. The number of hydrogen-bond donors (Lipinski definition) is 4. The van der Waals surface area contributed by atoms with Gasteiger partial charge in [0.2, 0.25) is 11.8 Å². The smallest absolute Gasteiger partial charge is 0.407 e. The Kier molecular flexibility index (Phi) is 11.0. The fourth-order valence-corrected chi connectivity index (χ4v) is 8.85. The molecule has 4 amide bonds. The number of carbonyl (C=O) groups is 4. The van der Waals surface area contributed by atoms with Gasteiger partial charge >= 0.3 is 12.2 Å². The standard InChI is InChI=1S/C44H52N10O6/c1-23(2)37(50-43(57)59-6)41(55)52-16-8-10-34(52)39-45-21-31(48-39)26-13-15-33-28(18-26)20-36-29-14-12-27(19-30(29)47-25(5)54(33)36)32-22-46-40(49-32)35-11-9-17-53(35)42(56)38(24(3)4)51-44(58)60-7/h12-15,18-24,34-35,37-38H,8-11,16-17H2,1-7H3,(H,45,48)(H,46,49)(H,50,57)(H,51,58)/t34-,35?,37-,38-/m0/s1. The molecule has 6 aromatic rings. The highest BCUT2D eigenvalue weighted by molar-refractivity contribution is 6.03. The van der Waals surface area contributed by atoms with Crippen molar-refractivity contribution < 1.29 is 28.7 Å². The molecule has 6 heterocycles. The van der Waals surface area contributed by atoms with Gasteiger partial charge in [0.05, 0.1) is 66.6 Å². The van der Waals surface area contributed by atoms with Gasteiger partial charge in [-0.3, -0.25) is 14.0 Å². The first kappa shape index (κ1) is 40.3. The Hall–Kier alpha value is -6.45. The highest BCUT2D eigenvalue weighted by Crippen LogP contribution is 2.36. The number of hydrogen-bond acceptors (Lipinski definition) is 9. The van der Waals surface area contributed by atoms with E-state index >= 15 is 0 Å². The van der Waals surface area contributed by atoms with Crippen LogP contribution < -0.4 is 10.6 Å². The van der Waals surface area contributed by atoms with Crippen molar-refractivity contribution in [2.75, 3.05) is 27.3 Å². The number of aromatic amines is 2. The Labute approximate surface area is 347 Å². The number of aryl methyl sites for hydroxylation is 1. The third-order valence-corrected chi connectivity index (χ3v) is 12.0. The van der Waals surface area contributed by atoms with Gasteiger partial charge in [0.25, 0.3) is 0 Å². The van der Waals surface area contributed by atoms with Crippen LogP contribution in [0.2, 0.25) is 0 Å². The summed E-state index contributed by atoms with van der Waals surface area (Å²) in [6, 6.07) is 12.8. The number of amides is 4. The molecule has 0 bridgehead atoms. The Bertz CT molecular complexity index is 2610. The number of aromatic nitrogens is 6. The van der Waals surface area contributed by atoms with Crippen LogP contribution in [-0.2, 0) is 19.1 Å². The number of alkyl carbamates (subject to hydrolysis) is 2. The van der Waals surface area contributed by atoms with E-state index in [0.717, 1.165) is 81.3 Å². The fourth-order valence-electron chi connectivity index (χ4n) is 8.85. The number of nitrogens with one attached hydrogen (secondary N) is 4. The zero-order chi connectivity index (χ0) is 42.4. The lowest BCUT2D eigenvalue weighted by Crippen LogP contribution is -2.51. The Morgan fingerprint density at radius 2 is 1.23 bits per heavy atom. The molecule has 16 heteroatoms. The number of methoxy groups -OCH3 is 2. The molecule has 4 N–H and O–H groups in total. The monoisotopic (exact) mass is 816 g/mol. The molecule has 8 rings (SSSR count). The maximum Gasteiger partial charge on any atom is 0.407 e. The first-order chi connectivity index (χ1) is 28.9. The first-order valence-electron chi connectivity index (χ1n) is 20.6. The molecule has 314 valence electrons. The van der Waals surface area contributed by atoms with Crippen molar-refractivity contribution in [2.24, 2.45) is 11.8 Å². The number of nitrogens with zero attached hydrogens (tertiary/aromatic N) is 6. The van der Waals surface area contributed by atoms with E-state index < -0.39 is 24.3 Å². The molecule has 4 atom stereocenters. The summed E-state index contributed by atoms with van der Waals surface area (Å²) in [6.07, 6.45) is 5.56. The topological polar surface area (TPSA) is 192 Å². The summed E-state index contributed by atoms with van der Waals surface area (Å²) in [4.78, 5) is 76.5. The molecule has 2 aromatic carbocycles. The van der Waals surface area contributed by atoms with Gasteiger partial charge < -0.3 is 39.9 Å². The van der Waals surface area contributed by atoms with Crippen LogP contribution in [0.15, 0.2) is 54.9 Å². The van der Waals surface area contributed by atoms with Gasteiger partial charge in [-0.05, 0) is 68.7 Å². The lowest BCUT2D eigenvalue weighted by molar-refractivity contribution is -0.136. The van der Waals surface area contributed by atoms with E-state index in [0.29, 0.717) is 24.7 Å². The molecule has 2 aliphatic rings. The van der Waals surface area contributed by atoms with E-state index in [2.05, 4.69) is 67.5 Å². The predicted octanol–water partition coefficient (Wildman–Crippen LogP) is 6.82. The van der Waals surface area contributed by atoms with Gasteiger partial charge in [0.15, 0.2) is 0 Å². The Morgan fingerprint density at radius 1 is 0.717 bits per heavy atom. The van der Waals surface area contributed by atoms with Crippen molar-refractivity contribution in [3.63, 3.8) is 0 Å². The van der Waals surface area contributed by atoms with Crippen LogP contribution in [0, 0.1) is 18.8 Å². The maximum atomic E-state index is 13.7. The van der Waals surface area contributed by atoms with Crippen molar-refractivity contribution in [3.8, 4) is 22.5 Å². The lowest BCUT2D eigenvalue weighted by atomic mass is 10.0. The summed E-state index contributed by atoms with van der Waals surface area (Å²) in [5, 5.41) is 7.47. The molecular weight excluding hydrogens is 765 g/mol. The van der Waals surface area contributed by atoms with Crippen LogP contribution in [0.1, 0.15) is 82.9 Å². The summed E-state index contributed by atoms with van der Waals surface area (Å²) in [5.74, 6) is 1.73. The summed E-state index contributed by atoms with van der Waals surface area (Å²) in [7, 11) is 2.58. The highest BCUT2D eigenvalue weighted by atomic mass is 16.5. The average molecular weight is 817 g/mol. The van der Waals surface area contributed by atoms with E-state index in [9.17, 15) is 19.2 Å². The molecule has 0 radical (unpaired) electrons. The van der Waals surface area contributed by atoms with Gasteiger partial charge in [-0.15, -0.1) is 0 Å². The Morgan fingerprint density at radius 3 is 1.75 bits per heavy atom. The van der Waals surface area contributed by atoms with E-state index in [1.165, 1.54) is 14.2 Å². The molecule has 0 saturated carbocycles. The summed E-state index contributed by atoms with van der Waals surface area (Å²) in [6.45, 7) is 10.8. The normalized spacial score (nSPS) is 17.9. The summed E-state index contributed by atoms with van der Waals surface area (Å²) in [5.41, 5.74) is 6.48. The minimum absolute atomic E-state index is 0.117. The second kappa shape index (κ2) is 16.3. The Balaban J connectivity index is 1.04. The number of H-pyrrole nitrogens is 2. The SMILES string of the molecule is COC(=O)N[C@H](C(=O)N1CCCC1c1ncc(-c2ccc3c(c2)nc(C)n2c4ccc(-c5cnc([C@@H]6CCCN6C(=O)[C@@H](NC(=O)OC)C(C)C)[nH]5)cc4cc32)[nH]1)C(C)C. The highest BCUT2D eigenvalue weighted by Gasteiger charge is 2.39. The summed E-state index contributed by atoms with van der Waals surface area (Å²) >= 11 is 0. The molecule has 2 fully saturated rings. The van der Waals surface area contributed by atoms with Crippen LogP contribution >= 0.6 is 0 Å². The zero-order valence-corrected chi connectivity index (χ0v) is 35.0. The summed E-state index contributed by atoms with van der Waals surface area (Å²) < 4.78 is 11.7. The quantitative estimate of drug-likeness (QED) is 0.115. The van der Waals surface area contributed by atoms with Crippen molar-refractivity contribution in [3.05, 3.63) is 72.3 Å². The largest absolute Gasteiger partial charge is 0.453 e. The van der Waals surface area contributed by atoms with Gasteiger partial charge in [-0.25, -0.2) is 24.5 Å². The third-order valence-electron chi connectivity index (χ3n) is 12.0. The predicted molar refractivity (Wildman–Crippen MR) is 226 cm³/mol. The molecule has 60 heavy (non-hydrogen) atoms. The van der Waals surface area contributed by atoms with E-state index in [-0.39, 0.29) is 35.7 Å². The minimum atomic E-state index is -0.704. The van der Waals surface area contributed by atoms with E-state index in [4.69, 9.17) is 24.4 Å². The second-order valence-corrected chi connectivity index (χ2v) is 16.5. The number of benzene rings is 2. The number of carbonyl (C=O) groups excluding carboxylic acids is 4. The molecular formula is C44H52N10O6. The molecule has 2 aliphatic heterocycles. The van der Waals surface area contributed by atoms with E-state index in [1.54, 1.807) is 6.20 Å². The van der Waals surface area contributed by atoms with Gasteiger partial charge in [-0.2, -0.15) is 0 Å². The van der Waals surface area contributed by atoms with Crippen molar-refractivity contribution in [1.29, 1.82) is 0 Å². The lowest BCUT2D eigenvalue weighted by Gasteiger charge is -2.30. The number of imidazole rings is 2. The van der Waals surface area contributed by atoms with Gasteiger partial charge in [0, 0.05) is 35.0 Å². The average Bonchev–Trinajstić information content (AvgIpc) is 4.09. The maximum absolute atomic E-state index is 13.7. The van der Waals surface area contributed by atoms with Gasteiger partial charge in [0.1, 0.15) is 29.6 Å². The molecule has 0 spiro atoms. The second-order valence-electron chi connectivity index (χ2n) is 16.5.